The molecule has 1 saturated heterocycles. The average Bonchev–Trinajstić information content (AvgIpc) is 3.32. The lowest BCUT2D eigenvalue weighted by molar-refractivity contribution is -0.153. The molecule has 1 aliphatic heterocycles. The minimum absolute atomic E-state index is 0.0272. The van der Waals surface area contributed by atoms with Gasteiger partial charge in [-0.1, -0.05) is 18.2 Å². The van der Waals surface area contributed by atoms with Crippen molar-refractivity contribution in [3.63, 3.8) is 0 Å². The van der Waals surface area contributed by atoms with Crippen molar-refractivity contribution in [2.75, 3.05) is 13.7 Å². The third-order valence-corrected chi connectivity index (χ3v) is 4.01. The molecule has 0 radical (unpaired) electrons. The predicted molar refractivity (Wildman–Crippen MR) is 92.2 cm³/mol. The molecule has 1 aliphatic rings. The van der Waals surface area contributed by atoms with Crippen molar-refractivity contribution in [3.8, 4) is 0 Å². The Morgan fingerprint density at radius 2 is 1.96 bits per heavy atom. The number of hydrogen-bond acceptors (Lipinski definition) is 9. The Morgan fingerprint density at radius 3 is 2.64 bits per heavy atom. The molecule has 0 saturated carbocycles. The van der Waals surface area contributed by atoms with Gasteiger partial charge in [0.15, 0.2) is 12.3 Å². The molecule has 28 heavy (non-hydrogen) atoms. The molecular formula is C18H19N3O7. The molecule has 2 aromatic rings. The number of aromatic nitrogens is 3. The van der Waals surface area contributed by atoms with Crippen molar-refractivity contribution in [1.82, 2.24) is 14.8 Å². The van der Waals surface area contributed by atoms with Gasteiger partial charge in [0, 0.05) is 13.3 Å². The van der Waals surface area contributed by atoms with Gasteiger partial charge in [-0.3, -0.25) is 4.79 Å². The van der Waals surface area contributed by atoms with E-state index in [1.165, 1.54) is 25.0 Å². The molecule has 1 aromatic carbocycles. The molecule has 0 amide bonds. The van der Waals surface area contributed by atoms with Gasteiger partial charge in [-0.2, -0.15) is 0 Å². The normalized spacial score (nSPS) is 21.1. The van der Waals surface area contributed by atoms with Gasteiger partial charge in [-0.15, -0.1) is 5.10 Å². The molecule has 0 aliphatic carbocycles. The Hall–Kier alpha value is -3.27. The maximum absolute atomic E-state index is 12.1. The monoisotopic (exact) mass is 389 g/mol. The van der Waals surface area contributed by atoms with E-state index in [-0.39, 0.29) is 12.4 Å². The number of rotatable bonds is 6. The van der Waals surface area contributed by atoms with Crippen LogP contribution in [0, 0.1) is 0 Å². The first kappa shape index (κ1) is 19.5. The molecule has 10 nitrogen and oxygen atoms in total. The Kier molecular flexibility index (Phi) is 5.99. The number of ether oxygens (including phenoxy) is 4. The number of esters is 3. The molecule has 1 aromatic heterocycles. The van der Waals surface area contributed by atoms with Gasteiger partial charge in [0.2, 0.25) is 0 Å². The molecule has 3 atom stereocenters. The van der Waals surface area contributed by atoms with E-state index in [0.717, 1.165) is 0 Å². The van der Waals surface area contributed by atoms with Crippen molar-refractivity contribution >= 4 is 17.9 Å². The zero-order valence-corrected chi connectivity index (χ0v) is 15.3. The van der Waals surface area contributed by atoms with Crippen LogP contribution in [-0.2, 0) is 23.7 Å². The lowest BCUT2D eigenvalue weighted by Gasteiger charge is -2.17. The quantitative estimate of drug-likeness (QED) is 0.529. The van der Waals surface area contributed by atoms with Crippen molar-refractivity contribution in [3.05, 3.63) is 48.0 Å². The molecular weight excluding hydrogens is 370 g/mol. The topological polar surface area (TPSA) is 119 Å². The highest BCUT2D eigenvalue weighted by atomic mass is 16.6. The van der Waals surface area contributed by atoms with E-state index < -0.39 is 36.3 Å². The number of carbonyl (C=O) groups excluding carboxylic acids is 3. The largest absolute Gasteiger partial charge is 0.463 e. The fourth-order valence-electron chi connectivity index (χ4n) is 2.78. The molecule has 148 valence electrons. The summed E-state index contributed by atoms with van der Waals surface area (Å²) in [4.78, 5) is 38.9. The van der Waals surface area contributed by atoms with Gasteiger partial charge < -0.3 is 18.9 Å². The molecule has 1 fully saturated rings. The fourth-order valence-corrected chi connectivity index (χ4v) is 2.78. The number of nitrogens with zero attached hydrogens (tertiary/aromatic N) is 3. The minimum Gasteiger partial charge on any atom is -0.463 e. The van der Waals surface area contributed by atoms with E-state index in [9.17, 15) is 14.4 Å². The second-order valence-corrected chi connectivity index (χ2v) is 6.04. The van der Waals surface area contributed by atoms with Gasteiger partial charge in [-0.25, -0.2) is 19.3 Å². The second kappa shape index (κ2) is 8.61. The Balaban J connectivity index is 1.66. The van der Waals surface area contributed by atoms with Crippen molar-refractivity contribution in [1.29, 1.82) is 0 Å². The molecule has 0 unspecified atom stereocenters. The van der Waals surface area contributed by atoms with Crippen LogP contribution in [0.3, 0.4) is 0 Å². The van der Waals surface area contributed by atoms with Crippen LogP contribution in [0.1, 0.15) is 40.5 Å². The summed E-state index contributed by atoms with van der Waals surface area (Å²) in [7, 11) is 1.22. The van der Waals surface area contributed by atoms with Crippen LogP contribution in [0.2, 0.25) is 0 Å². The van der Waals surface area contributed by atoms with E-state index in [4.69, 9.17) is 14.2 Å². The fraction of sp³-hybridized carbons (Fsp3) is 0.389. The highest BCUT2D eigenvalue weighted by Gasteiger charge is 2.40. The number of carbonyl (C=O) groups is 3. The zero-order valence-electron chi connectivity index (χ0n) is 15.3. The van der Waals surface area contributed by atoms with Gasteiger partial charge in [0.1, 0.15) is 12.9 Å². The maximum Gasteiger partial charge on any atom is 0.377 e. The molecule has 3 rings (SSSR count). The number of benzene rings is 1. The van der Waals surface area contributed by atoms with Crippen LogP contribution in [-0.4, -0.2) is 58.6 Å². The highest BCUT2D eigenvalue weighted by molar-refractivity contribution is 5.89. The molecule has 10 heteroatoms. The highest BCUT2D eigenvalue weighted by Crippen LogP contribution is 2.31. The van der Waals surface area contributed by atoms with Crippen LogP contribution >= 0.6 is 0 Å². The van der Waals surface area contributed by atoms with E-state index in [2.05, 4.69) is 14.8 Å². The summed E-state index contributed by atoms with van der Waals surface area (Å²) in [5.74, 6) is -1.82. The van der Waals surface area contributed by atoms with Crippen LogP contribution in [0.15, 0.2) is 36.7 Å². The summed E-state index contributed by atoms with van der Waals surface area (Å²) >= 11 is 0. The van der Waals surface area contributed by atoms with E-state index in [0.29, 0.717) is 12.0 Å². The summed E-state index contributed by atoms with van der Waals surface area (Å²) < 4.78 is 22.2. The first-order valence-corrected chi connectivity index (χ1v) is 8.52. The van der Waals surface area contributed by atoms with E-state index in [1.54, 1.807) is 30.3 Å². The minimum atomic E-state index is -0.810. The molecule has 2 heterocycles. The first-order valence-electron chi connectivity index (χ1n) is 8.52. The average molecular weight is 389 g/mol. The maximum atomic E-state index is 12.1. The third-order valence-electron chi connectivity index (χ3n) is 4.01. The number of methoxy groups -OCH3 is 1. The van der Waals surface area contributed by atoms with Crippen molar-refractivity contribution in [2.45, 2.75) is 31.8 Å². The summed E-state index contributed by atoms with van der Waals surface area (Å²) in [6.07, 6.45) is -0.431. The van der Waals surface area contributed by atoms with Gasteiger partial charge in [-0.05, 0) is 12.1 Å². The second-order valence-electron chi connectivity index (χ2n) is 6.04. The summed E-state index contributed by atoms with van der Waals surface area (Å²) in [6, 6.07) is 8.56. The Bertz CT molecular complexity index is 852. The van der Waals surface area contributed by atoms with Crippen molar-refractivity contribution < 1.29 is 33.3 Å². The van der Waals surface area contributed by atoms with E-state index in [1.807, 2.05) is 0 Å². The standard InChI is InChI=1S/C18H19N3O7/c1-11(22)27-14-8-13(9-26-17(23)12-6-4-3-5-7-12)28-16(14)21-10-19-15(20-21)18(24)25-2/h3-7,10,13-14,16H,8-9H2,1-2H3/t13-,14+,16+/m1/s1. The zero-order chi connectivity index (χ0) is 20.1. The molecule has 0 bridgehead atoms. The van der Waals surface area contributed by atoms with Crippen molar-refractivity contribution in [2.24, 2.45) is 0 Å². The summed E-state index contributed by atoms with van der Waals surface area (Å²) in [5.41, 5.74) is 0.424. The third kappa shape index (κ3) is 4.52. The summed E-state index contributed by atoms with van der Waals surface area (Å²) in [5, 5.41) is 4.00. The van der Waals surface area contributed by atoms with Crippen LogP contribution in [0.25, 0.3) is 0 Å². The lowest BCUT2D eigenvalue weighted by atomic mass is 10.2. The van der Waals surface area contributed by atoms with Crippen LogP contribution in [0.4, 0.5) is 0 Å². The Labute approximate surface area is 160 Å². The van der Waals surface area contributed by atoms with Gasteiger partial charge >= 0.3 is 17.9 Å². The smallest absolute Gasteiger partial charge is 0.377 e. The molecule has 0 spiro atoms. The number of hydrogen-bond donors (Lipinski definition) is 0. The van der Waals surface area contributed by atoms with E-state index >= 15 is 0 Å². The lowest BCUT2D eigenvalue weighted by Crippen LogP contribution is -2.25. The van der Waals surface area contributed by atoms with Crippen LogP contribution in [0.5, 0.6) is 0 Å². The Morgan fingerprint density at radius 1 is 1.21 bits per heavy atom. The summed E-state index contributed by atoms with van der Waals surface area (Å²) in [6.45, 7) is 1.25. The van der Waals surface area contributed by atoms with Gasteiger partial charge in [0.25, 0.3) is 5.82 Å². The molecule has 0 N–H and O–H groups in total. The van der Waals surface area contributed by atoms with Gasteiger partial charge in [0.05, 0.1) is 18.8 Å². The predicted octanol–water partition coefficient (Wildman–Crippen LogP) is 1.14. The SMILES string of the molecule is COC(=O)c1ncn([C@H]2O[C@@H](COC(=O)c3ccccc3)C[C@@H]2OC(C)=O)n1. The van der Waals surface area contributed by atoms with Crippen LogP contribution < -0.4 is 0 Å². The first-order chi connectivity index (χ1) is 13.5.